The van der Waals surface area contributed by atoms with Crippen molar-refractivity contribution >= 4 is 21.9 Å². The second-order valence-corrected chi connectivity index (χ2v) is 7.47. The summed E-state index contributed by atoms with van der Waals surface area (Å²) in [6.07, 6.45) is -0.650. The quantitative estimate of drug-likeness (QED) is 0.386. The molecule has 0 bridgehead atoms. The molecule has 0 radical (unpaired) electrons. The van der Waals surface area contributed by atoms with Crippen molar-refractivity contribution in [2.45, 2.75) is 38.6 Å². The Kier molecular flexibility index (Phi) is 5.70. The zero-order chi connectivity index (χ0) is 21.3. The Hall–Kier alpha value is -2.81. The molecule has 3 aromatic rings. The van der Waals surface area contributed by atoms with E-state index in [-0.39, 0.29) is 30.1 Å². The summed E-state index contributed by atoms with van der Waals surface area (Å²) in [5.41, 5.74) is -1.10. The number of benzene rings is 1. The molecule has 8 heteroatoms. The van der Waals surface area contributed by atoms with E-state index in [0.29, 0.717) is 22.1 Å². The number of hydrogen-bond acceptors (Lipinski definition) is 8. The van der Waals surface area contributed by atoms with Gasteiger partial charge < -0.3 is 33.6 Å². The summed E-state index contributed by atoms with van der Waals surface area (Å²) >= 11 is 0. The predicted molar refractivity (Wildman–Crippen MR) is 106 cm³/mol. The second kappa shape index (κ2) is 7.90. The van der Waals surface area contributed by atoms with Gasteiger partial charge in [-0.15, -0.1) is 0 Å². The maximum absolute atomic E-state index is 11.8. The molecule has 8 nitrogen and oxygen atoms in total. The third kappa shape index (κ3) is 4.29. The first-order chi connectivity index (χ1) is 13.6. The molecular weight excluding hydrogens is 380 g/mol. The van der Waals surface area contributed by atoms with Crippen LogP contribution in [0.3, 0.4) is 0 Å². The molecule has 2 heterocycles. The summed E-state index contributed by atoms with van der Waals surface area (Å²) in [6, 6.07) is 4.40. The topological polar surface area (TPSA) is 123 Å². The van der Waals surface area contributed by atoms with Crippen LogP contribution in [-0.2, 0) is 0 Å². The van der Waals surface area contributed by atoms with Crippen molar-refractivity contribution in [1.29, 1.82) is 0 Å². The van der Waals surface area contributed by atoms with Crippen LogP contribution in [0.15, 0.2) is 50.2 Å². The lowest BCUT2D eigenvalue weighted by Gasteiger charge is -2.25. The first-order valence-corrected chi connectivity index (χ1v) is 9.06. The molecule has 0 saturated carbocycles. The van der Waals surface area contributed by atoms with Gasteiger partial charge in [-0.25, -0.2) is 4.79 Å². The van der Waals surface area contributed by atoms with Crippen LogP contribution in [0, 0.1) is 0 Å². The third-order valence-corrected chi connectivity index (χ3v) is 4.56. The fraction of sp³-hybridized carbons (Fsp3) is 0.381. The van der Waals surface area contributed by atoms with Gasteiger partial charge in [0.2, 0.25) is 5.75 Å². The van der Waals surface area contributed by atoms with E-state index in [1.165, 1.54) is 32.2 Å². The summed E-state index contributed by atoms with van der Waals surface area (Å²) < 4.78 is 22.4. The minimum absolute atomic E-state index is 0.0848. The summed E-state index contributed by atoms with van der Waals surface area (Å²) in [7, 11) is 0. The van der Waals surface area contributed by atoms with E-state index in [9.17, 15) is 20.1 Å². The standard InChI is InChI=1S/C21H24O8/c1-11(2)14(22)9-27-20-18-13(7-8-26-18)17(28-10-15(23)21(3,4)25)12-5-6-16(24)29-19(12)20/h5-8,14-15,22-23,25H,1,9-10H2,2-4H3. The van der Waals surface area contributed by atoms with Gasteiger partial charge in [0.1, 0.15) is 31.2 Å². The van der Waals surface area contributed by atoms with Gasteiger partial charge in [-0.2, -0.15) is 0 Å². The van der Waals surface area contributed by atoms with E-state index in [2.05, 4.69) is 6.58 Å². The number of furan rings is 1. The molecule has 2 atom stereocenters. The van der Waals surface area contributed by atoms with Crippen molar-refractivity contribution < 1.29 is 33.6 Å². The molecule has 0 aliphatic rings. The summed E-state index contributed by atoms with van der Waals surface area (Å²) in [5.74, 6) is 0.456. The number of aliphatic hydroxyl groups excluding tert-OH is 2. The molecule has 0 aliphatic carbocycles. The van der Waals surface area contributed by atoms with Crippen molar-refractivity contribution in [2.24, 2.45) is 0 Å². The molecular formula is C21H24O8. The van der Waals surface area contributed by atoms with Gasteiger partial charge in [0.15, 0.2) is 11.2 Å². The zero-order valence-electron chi connectivity index (χ0n) is 16.5. The Labute approximate surface area is 166 Å². The van der Waals surface area contributed by atoms with Crippen molar-refractivity contribution in [3.05, 3.63) is 47.0 Å². The van der Waals surface area contributed by atoms with Gasteiger partial charge >= 0.3 is 5.63 Å². The Morgan fingerprint density at radius 1 is 1.10 bits per heavy atom. The molecule has 1 aromatic carbocycles. The van der Waals surface area contributed by atoms with E-state index in [4.69, 9.17) is 18.3 Å². The Bertz CT molecular complexity index is 1090. The summed E-state index contributed by atoms with van der Waals surface area (Å²) in [6.45, 7) is 7.97. The normalized spacial score (nSPS) is 14.1. The zero-order valence-corrected chi connectivity index (χ0v) is 16.5. The molecule has 2 aromatic heterocycles. The lowest BCUT2D eigenvalue weighted by atomic mass is 10.0. The van der Waals surface area contributed by atoms with Gasteiger partial charge in [0.25, 0.3) is 0 Å². The van der Waals surface area contributed by atoms with Crippen molar-refractivity contribution in [1.82, 2.24) is 0 Å². The van der Waals surface area contributed by atoms with Crippen LogP contribution in [0.25, 0.3) is 21.9 Å². The van der Waals surface area contributed by atoms with Gasteiger partial charge in [-0.3, -0.25) is 0 Å². The SMILES string of the molecule is C=C(C)C(O)COc1c2occc2c(OCC(O)C(C)(C)O)c2ccc(=O)oc12. The highest BCUT2D eigenvalue weighted by atomic mass is 16.5. The van der Waals surface area contributed by atoms with Crippen LogP contribution < -0.4 is 15.1 Å². The Balaban J connectivity index is 2.11. The minimum atomic E-state index is -1.36. The van der Waals surface area contributed by atoms with Crippen molar-refractivity contribution in [2.75, 3.05) is 13.2 Å². The first-order valence-electron chi connectivity index (χ1n) is 9.06. The monoisotopic (exact) mass is 404 g/mol. The predicted octanol–water partition coefficient (Wildman–Crippen LogP) is 2.37. The maximum atomic E-state index is 11.8. The smallest absolute Gasteiger partial charge is 0.336 e. The van der Waals surface area contributed by atoms with Crippen LogP contribution >= 0.6 is 0 Å². The maximum Gasteiger partial charge on any atom is 0.336 e. The van der Waals surface area contributed by atoms with Crippen molar-refractivity contribution in [3.8, 4) is 11.5 Å². The highest BCUT2D eigenvalue weighted by molar-refractivity contribution is 6.06. The van der Waals surface area contributed by atoms with E-state index < -0.39 is 23.4 Å². The Morgan fingerprint density at radius 3 is 2.41 bits per heavy atom. The fourth-order valence-corrected chi connectivity index (χ4v) is 2.63. The van der Waals surface area contributed by atoms with Crippen LogP contribution in [0.1, 0.15) is 20.8 Å². The molecule has 0 saturated heterocycles. The Morgan fingerprint density at radius 2 is 1.76 bits per heavy atom. The fourth-order valence-electron chi connectivity index (χ4n) is 2.63. The van der Waals surface area contributed by atoms with Gasteiger partial charge in [-0.1, -0.05) is 6.58 Å². The molecule has 0 amide bonds. The van der Waals surface area contributed by atoms with Crippen LogP contribution in [0.4, 0.5) is 0 Å². The second-order valence-electron chi connectivity index (χ2n) is 7.47. The lowest BCUT2D eigenvalue weighted by Crippen LogP contribution is -2.40. The number of rotatable bonds is 8. The van der Waals surface area contributed by atoms with E-state index in [1.54, 1.807) is 13.0 Å². The molecule has 29 heavy (non-hydrogen) atoms. The average Bonchev–Trinajstić information content (AvgIpc) is 3.12. The summed E-state index contributed by atoms with van der Waals surface area (Å²) in [4.78, 5) is 11.8. The van der Waals surface area contributed by atoms with Crippen LogP contribution in [0.2, 0.25) is 0 Å². The number of aliphatic hydroxyl groups is 3. The molecule has 2 unspecified atom stereocenters. The van der Waals surface area contributed by atoms with Crippen LogP contribution in [0.5, 0.6) is 11.5 Å². The molecule has 0 aliphatic heterocycles. The molecule has 3 N–H and O–H groups in total. The molecule has 156 valence electrons. The number of hydrogen-bond donors (Lipinski definition) is 3. The van der Waals surface area contributed by atoms with Gasteiger partial charge in [-0.05, 0) is 38.5 Å². The van der Waals surface area contributed by atoms with E-state index in [1.807, 2.05) is 0 Å². The number of fused-ring (bicyclic) bond motifs is 2. The summed E-state index contributed by atoms with van der Waals surface area (Å²) in [5, 5.41) is 31.0. The third-order valence-electron chi connectivity index (χ3n) is 4.56. The largest absolute Gasteiger partial charge is 0.489 e. The van der Waals surface area contributed by atoms with Crippen LogP contribution in [-0.4, -0.2) is 46.3 Å². The number of ether oxygens (including phenoxy) is 2. The molecule has 3 rings (SSSR count). The van der Waals surface area contributed by atoms with Gasteiger partial charge in [0.05, 0.1) is 22.6 Å². The van der Waals surface area contributed by atoms with E-state index in [0.717, 1.165) is 0 Å². The minimum Gasteiger partial charge on any atom is -0.489 e. The highest BCUT2D eigenvalue weighted by Gasteiger charge is 2.27. The van der Waals surface area contributed by atoms with Gasteiger partial charge in [0, 0.05) is 6.07 Å². The average molecular weight is 404 g/mol. The van der Waals surface area contributed by atoms with E-state index >= 15 is 0 Å². The first kappa shape index (κ1) is 20.9. The molecule has 0 spiro atoms. The molecule has 0 fully saturated rings. The van der Waals surface area contributed by atoms with Crippen molar-refractivity contribution in [3.63, 3.8) is 0 Å². The lowest BCUT2D eigenvalue weighted by molar-refractivity contribution is -0.0658. The highest BCUT2D eigenvalue weighted by Crippen LogP contribution is 2.43.